The Morgan fingerprint density at radius 1 is 1.03 bits per heavy atom. The Hall–Kier alpha value is -3.30. The highest BCUT2D eigenvalue weighted by Gasteiger charge is 2.26. The lowest BCUT2D eigenvalue weighted by Gasteiger charge is -2.29. The third kappa shape index (κ3) is 5.52. The zero-order valence-electron chi connectivity index (χ0n) is 21.1. The number of hydrogen-bond donors (Lipinski definition) is 2. The van der Waals surface area contributed by atoms with E-state index in [2.05, 4.69) is 15.3 Å². The second-order valence-corrected chi connectivity index (χ2v) is 10.4. The van der Waals surface area contributed by atoms with Gasteiger partial charge in [-0.15, -0.1) is 0 Å². The Morgan fingerprint density at radius 3 is 2.51 bits per heavy atom. The van der Waals surface area contributed by atoms with Crippen LogP contribution in [0.3, 0.4) is 0 Å². The molecular weight excluding hydrogens is 468 g/mol. The highest BCUT2D eigenvalue weighted by atomic mass is 16.5. The fraction of sp³-hybridized carbons (Fsp3) is 0.500. The molecule has 9 nitrogen and oxygen atoms in total. The van der Waals surface area contributed by atoms with Crippen LogP contribution < -0.4 is 11.1 Å². The fourth-order valence-corrected chi connectivity index (χ4v) is 5.17. The highest BCUT2D eigenvalue weighted by Crippen LogP contribution is 2.32. The van der Waals surface area contributed by atoms with Gasteiger partial charge in [0, 0.05) is 49.3 Å². The van der Waals surface area contributed by atoms with Crippen LogP contribution in [0.25, 0.3) is 22.0 Å². The summed E-state index contributed by atoms with van der Waals surface area (Å²) < 4.78 is 11.5. The van der Waals surface area contributed by atoms with E-state index in [9.17, 15) is 4.79 Å². The van der Waals surface area contributed by atoms with Crippen molar-refractivity contribution in [2.24, 2.45) is 5.92 Å². The lowest BCUT2D eigenvalue weighted by Crippen LogP contribution is -2.40. The molecule has 3 fully saturated rings. The number of anilines is 2. The number of carbonyl (C=O) groups excluding carboxylic acids is 1. The van der Waals surface area contributed by atoms with E-state index in [1.165, 1.54) is 12.8 Å². The molecule has 0 spiro atoms. The van der Waals surface area contributed by atoms with Crippen LogP contribution in [0.4, 0.5) is 11.8 Å². The van der Waals surface area contributed by atoms with Gasteiger partial charge in [0.15, 0.2) is 0 Å². The number of nitrogens with two attached hydrogens (primary N) is 1. The van der Waals surface area contributed by atoms with Crippen molar-refractivity contribution in [2.45, 2.75) is 50.7 Å². The predicted molar refractivity (Wildman–Crippen MR) is 142 cm³/mol. The molecule has 194 valence electrons. The molecule has 1 amide bonds. The maximum Gasteiger partial charge on any atom is 0.254 e. The van der Waals surface area contributed by atoms with Crippen LogP contribution in [0.15, 0.2) is 36.7 Å². The van der Waals surface area contributed by atoms with Crippen LogP contribution in [-0.2, 0) is 9.47 Å². The summed E-state index contributed by atoms with van der Waals surface area (Å²) in [6.45, 7) is 3.33. The average Bonchev–Trinajstić information content (AvgIpc) is 3.78. The Morgan fingerprint density at radius 2 is 1.78 bits per heavy atom. The number of nitrogens with one attached hydrogen (secondary N) is 1. The van der Waals surface area contributed by atoms with Crippen molar-refractivity contribution < 1.29 is 14.3 Å². The second-order valence-electron chi connectivity index (χ2n) is 10.4. The molecule has 0 bridgehead atoms. The monoisotopic (exact) mass is 502 g/mol. The average molecular weight is 503 g/mol. The van der Waals surface area contributed by atoms with Crippen LogP contribution in [-0.4, -0.2) is 70.8 Å². The number of ether oxygens (including phenoxy) is 2. The first kappa shape index (κ1) is 24.1. The largest absolute Gasteiger partial charge is 0.383 e. The molecule has 3 aromatic rings. The molecule has 37 heavy (non-hydrogen) atoms. The Labute approximate surface area is 216 Å². The first-order valence-corrected chi connectivity index (χ1v) is 13.4. The summed E-state index contributed by atoms with van der Waals surface area (Å²) in [5.74, 6) is 1.83. The van der Waals surface area contributed by atoms with E-state index in [0.717, 1.165) is 54.9 Å². The van der Waals surface area contributed by atoms with Gasteiger partial charge in [0.2, 0.25) is 5.95 Å². The second kappa shape index (κ2) is 10.6. The maximum atomic E-state index is 12.8. The van der Waals surface area contributed by atoms with Gasteiger partial charge in [-0.25, -0.2) is 15.0 Å². The summed E-state index contributed by atoms with van der Waals surface area (Å²) in [5.41, 5.74) is 9.36. The van der Waals surface area contributed by atoms with Crippen molar-refractivity contribution in [3.05, 3.63) is 42.2 Å². The van der Waals surface area contributed by atoms with Gasteiger partial charge in [-0.2, -0.15) is 0 Å². The molecule has 1 aliphatic heterocycles. The molecule has 3 heterocycles. The van der Waals surface area contributed by atoms with Crippen molar-refractivity contribution in [2.75, 3.05) is 44.0 Å². The number of nitrogen functional groups attached to an aromatic ring is 1. The lowest BCUT2D eigenvalue weighted by atomic mass is 9.93. The minimum Gasteiger partial charge on any atom is -0.383 e. The van der Waals surface area contributed by atoms with E-state index in [1.807, 2.05) is 29.2 Å². The Balaban J connectivity index is 1.17. The number of amides is 1. The van der Waals surface area contributed by atoms with Crippen LogP contribution in [0.1, 0.15) is 48.9 Å². The van der Waals surface area contributed by atoms with E-state index in [0.29, 0.717) is 61.2 Å². The third-order valence-corrected chi connectivity index (χ3v) is 7.67. The minimum absolute atomic E-state index is 0.0246. The van der Waals surface area contributed by atoms with Gasteiger partial charge in [0.25, 0.3) is 5.91 Å². The van der Waals surface area contributed by atoms with Crippen LogP contribution in [0.5, 0.6) is 0 Å². The van der Waals surface area contributed by atoms with Crippen LogP contribution in [0.2, 0.25) is 0 Å². The quantitative estimate of drug-likeness (QED) is 0.500. The van der Waals surface area contributed by atoms with E-state index in [-0.39, 0.29) is 5.91 Å². The number of fused-ring (bicyclic) bond motifs is 1. The van der Waals surface area contributed by atoms with E-state index in [4.69, 9.17) is 20.2 Å². The number of morpholine rings is 1. The molecule has 6 rings (SSSR count). The number of rotatable bonds is 7. The van der Waals surface area contributed by atoms with Gasteiger partial charge in [0.05, 0.1) is 30.2 Å². The molecule has 2 aromatic heterocycles. The number of hydrogen-bond acceptors (Lipinski definition) is 8. The van der Waals surface area contributed by atoms with Crippen LogP contribution in [0, 0.1) is 5.92 Å². The van der Waals surface area contributed by atoms with Gasteiger partial charge in [-0.1, -0.05) is 12.1 Å². The summed E-state index contributed by atoms with van der Waals surface area (Å²) in [4.78, 5) is 28.4. The molecule has 9 heteroatoms. The SMILES string of the molecule is Nc1ncc(-c2ccc(C(=O)N3CCOCC3)cc2)c2nc(NC3CCC(OCC4CC4)CC3)ncc12. The topological polar surface area (TPSA) is 115 Å². The molecule has 0 atom stereocenters. The summed E-state index contributed by atoms with van der Waals surface area (Å²) in [5, 5.41) is 4.25. The van der Waals surface area contributed by atoms with Gasteiger partial charge >= 0.3 is 0 Å². The zero-order valence-corrected chi connectivity index (χ0v) is 21.1. The molecule has 2 aliphatic carbocycles. The Bertz CT molecular complexity index is 1250. The molecule has 3 N–H and O–H groups in total. The van der Waals surface area contributed by atoms with Crippen molar-refractivity contribution in [3.8, 4) is 11.1 Å². The molecule has 0 radical (unpaired) electrons. The molecular formula is C28H34N6O3. The first-order valence-electron chi connectivity index (χ1n) is 13.4. The maximum absolute atomic E-state index is 12.8. The van der Waals surface area contributed by atoms with Gasteiger partial charge < -0.3 is 25.4 Å². The molecule has 1 aromatic carbocycles. The van der Waals surface area contributed by atoms with E-state index < -0.39 is 0 Å². The first-order chi connectivity index (χ1) is 18.1. The number of carbonyl (C=O) groups is 1. The summed E-state index contributed by atoms with van der Waals surface area (Å²) in [6.07, 6.45) is 10.7. The van der Waals surface area contributed by atoms with Gasteiger partial charge in [0.1, 0.15) is 5.82 Å². The van der Waals surface area contributed by atoms with Crippen molar-refractivity contribution in [1.29, 1.82) is 0 Å². The van der Waals surface area contributed by atoms with E-state index >= 15 is 0 Å². The Kier molecular flexibility index (Phi) is 6.89. The number of benzene rings is 1. The number of nitrogens with zero attached hydrogens (tertiary/aromatic N) is 4. The lowest BCUT2D eigenvalue weighted by molar-refractivity contribution is 0.0203. The van der Waals surface area contributed by atoms with E-state index in [1.54, 1.807) is 12.4 Å². The summed E-state index contributed by atoms with van der Waals surface area (Å²) in [6, 6.07) is 7.93. The highest BCUT2D eigenvalue weighted by molar-refractivity contribution is 5.99. The van der Waals surface area contributed by atoms with Crippen molar-refractivity contribution in [1.82, 2.24) is 19.9 Å². The summed E-state index contributed by atoms with van der Waals surface area (Å²) >= 11 is 0. The third-order valence-electron chi connectivity index (χ3n) is 7.67. The van der Waals surface area contributed by atoms with Gasteiger partial charge in [-0.3, -0.25) is 4.79 Å². The zero-order chi connectivity index (χ0) is 25.2. The van der Waals surface area contributed by atoms with Crippen molar-refractivity contribution in [3.63, 3.8) is 0 Å². The molecule has 0 unspecified atom stereocenters. The number of pyridine rings is 1. The normalized spacial score (nSPS) is 22.2. The molecule has 2 saturated carbocycles. The summed E-state index contributed by atoms with van der Waals surface area (Å²) in [7, 11) is 0. The predicted octanol–water partition coefficient (Wildman–Crippen LogP) is 3.90. The minimum atomic E-state index is 0.0246. The smallest absolute Gasteiger partial charge is 0.254 e. The number of aromatic nitrogens is 3. The molecule has 1 saturated heterocycles. The fourth-order valence-electron chi connectivity index (χ4n) is 5.17. The van der Waals surface area contributed by atoms with Crippen molar-refractivity contribution >= 4 is 28.6 Å². The standard InChI is InChI=1S/C28H34N6O3/c29-26-24-16-31-28(32-21-7-9-22(10-8-21)37-17-18-1-2-18)33-25(24)23(15-30-26)19-3-5-20(6-4-19)27(35)34-11-13-36-14-12-34/h3-6,15-16,18,21-22H,1-2,7-14,17H2,(H2,29,30)(H,31,32,33). The van der Waals surface area contributed by atoms with Gasteiger partial charge in [-0.05, 0) is 62.1 Å². The van der Waals surface area contributed by atoms with Crippen LogP contribution >= 0.6 is 0 Å². The molecule has 3 aliphatic rings.